The number of nitrogens with one attached hydrogen (secondary N) is 2. The van der Waals surface area contributed by atoms with Gasteiger partial charge in [0, 0.05) is 36.2 Å². The van der Waals surface area contributed by atoms with E-state index < -0.39 is 85.6 Å². The molecule has 1 aromatic heterocycles. The van der Waals surface area contributed by atoms with Crippen LogP contribution in [0.4, 0.5) is 13.6 Å². The maximum Gasteiger partial charge on any atom is 0.408 e. The zero-order chi connectivity index (χ0) is 42.9. The quantitative estimate of drug-likeness (QED) is 0.284. The lowest BCUT2D eigenvalue weighted by atomic mass is 9.84. The summed E-state index contributed by atoms with van der Waals surface area (Å²) in [5, 5.41) is 14.9. The average Bonchev–Trinajstić information content (AvgIpc) is 4.04. The molecule has 322 valence electrons. The van der Waals surface area contributed by atoms with Crippen LogP contribution in [-0.4, -0.2) is 105 Å². The van der Waals surface area contributed by atoms with E-state index in [9.17, 15) is 27.9 Å². The molecule has 17 heteroatoms. The van der Waals surface area contributed by atoms with Crippen LogP contribution in [-0.2, 0) is 30.8 Å². The molecule has 4 amide bonds. The van der Waals surface area contributed by atoms with Crippen LogP contribution in [0.5, 0.6) is 11.6 Å². The van der Waals surface area contributed by atoms with Crippen LogP contribution in [0.2, 0.25) is 0 Å². The molecular formula is C42H55F2N5O9S. The number of halogens is 2. The molecule has 7 atom stereocenters. The zero-order valence-corrected chi connectivity index (χ0v) is 35.2. The first-order chi connectivity index (χ1) is 27.6. The normalized spacial score (nSPS) is 29.7. The standard InChI is InChI=1S/C42H55F2N5O9S/c1-24-10-7-8-12-27-22-42(27,37(52)47-59(55,56)40(5)16-17-40)46-34(50)31-21-28(58-35-30-14-13-26-11-9-19-57-33(26)29(30)15-18-45-35)23-48(31)36(51)32(25(2)20-24)49(38(53)54)39(3,4)41(6,43)44/h8,12-15,18,24-25,27-28,31-32H,7,9-11,16-17,19-23H2,1-6H3,(H,46,50)(H,47,52)(H,53,54)/t24-,25+,27+,28+,31-,32-,42+/m0/s1. The highest BCUT2D eigenvalue weighted by molar-refractivity contribution is 7.91. The first-order valence-electron chi connectivity index (χ1n) is 20.6. The molecule has 0 unspecified atom stereocenters. The number of nitrogens with zero attached hydrogens (tertiary/aromatic N) is 3. The number of rotatable bonds is 8. The molecule has 2 aromatic rings. The molecule has 0 spiro atoms. The number of pyridine rings is 1. The average molecular weight is 844 g/mol. The summed E-state index contributed by atoms with van der Waals surface area (Å²) in [6, 6.07) is 2.60. The first-order valence-corrected chi connectivity index (χ1v) is 22.0. The molecule has 59 heavy (non-hydrogen) atoms. The summed E-state index contributed by atoms with van der Waals surface area (Å²) in [7, 11) is -4.09. The highest BCUT2D eigenvalue weighted by atomic mass is 32.2. The van der Waals surface area contributed by atoms with E-state index in [1.807, 2.05) is 31.2 Å². The predicted octanol–water partition coefficient (Wildman–Crippen LogP) is 5.58. The molecule has 7 rings (SSSR count). The van der Waals surface area contributed by atoms with Crippen LogP contribution in [0.3, 0.4) is 0 Å². The van der Waals surface area contributed by atoms with Crippen LogP contribution in [0.15, 0.2) is 36.5 Å². The van der Waals surface area contributed by atoms with E-state index in [0.29, 0.717) is 55.9 Å². The molecule has 5 aliphatic rings. The second kappa shape index (κ2) is 15.2. The van der Waals surface area contributed by atoms with Gasteiger partial charge in [-0.25, -0.2) is 27.0 Å². The number of aromatic nitrogens is 1. The number of sulfonamides is 1. The van der Waals surface area contributed by atoms with Crippen molar-refractivity contribution in [3.63, 3.8) is 0 Å². The third-order valence-electron chi connectivity index (χ3n) is 13.4. The van der Waals surface area contributed by atoms with E-state index >= 15 is 13.6 Å². The van der Waals surface area contributed by atoms with E-state index in [4.69, 9.17) is 9.47 Å². The van der Waals surface area contributed by atoms with Crippen molar-refractivity contribution in [2.24, 2.45) is 17.8 Å². The van der Waals surface area contributed by atoms with Gasteiger partial charge in [0.1, 0.15) is 35.0 Å². The second-order valence-corrected chi connectivity index (χ2v) is 20.4. The van der Waals surface area contributed by atoms with Crippen LogP contribution in [0, 0.1) is 17.8 Å². The number of carbonyl (C=O) groups excluding carboxylic acids is 3. The summed E-state index contributed by atoms with van der Waals surface area (Å²) >= 11 is 0. The van der Waals surface area contributed by atoms with E-state index in [2.05, 4.69) is 15.0 Å². The zero-order valence-electron chi connectivity index (χ0n) is 34.4. The molecule has 1 aromatic carbocycles. The molecule has 3 aliphatic heterocycles. The summed E-state index contributed by atoms with van der Waals surface area (Å²) in [4.78, 5) is 63.1. The molecule has 3 fully saturated rings. The number of ether oxygens (including phenoxy) is 2. The number of hydrogen-bond donors (Lipinski definition) is 3. The molecule has 1 saturated heterocycles. The van der Waals surface area contributed by atoms with Crippen molar-refractivity contribution in [2.75, 3.05) is 13.2 Å². The Kier molecular flexibility index (Phi) is 11.0. The minimum absolute atomic E-state index is 0.0926. The minimum atomic E-state index is -4.09. The fraction of sp³-hybridized carbons (Fsp3) is 0.643. The van der Waals surface area contributed by atoms with Gasteiger partial charge in [0.15, 0.2) is 0 Å². The molecule has 4 heterocycles. The molecule has 0 bridgehead atoms. The fourth-order valence-electron chi connectivity index (χ4n) is 8.96. The lowest BCUT2D eigenvalue weighted by Gasteiger charge is -2.47. The van der Waals surface area contributed by atoms with Crippen molar-refractivity contribution in [2.45, 2.75) is 139 Å². The minimum Gasteiger partial charge on any atom is -0.493 e. The highest BCUT2D eigenvalue weighted by Gasteiger charge is 2.63. The predicted molar refractivity (Wildman–Crippen MR) is 213 cm³/mol. The number of fused-ring (bicyclic) bond motifs is 5. The van der Waals surface area contributed by atoms with Crippen molar-refractivity contribution in [3.8, 4) is 11.6 Å². The molecule has 0 radical (unpaired) electrons. The summed E-state index contributed by atoms with van der Waals surface area (Å²) in [6.07, 6.45) is 6.45. The Morgan fingerprint density at radius 1 is 1.12 bits per heavy atom. The van der Waals surface area contributed by atoms with Crippen LogP contribution >= 0.6 is 0 Å². The number of carboxylic acid groups (broad SMARTS) is 1. The first kappa shape index (κ1) is 42.6. The Hall–Kier alpha value is -4.54. The number of carbonyl (C=O) groups is 4. The van der Waals surface area contributed by atoms with Crippen LogP contribution in [0.25, 0.3) is 10.8 Å². The Morgan fingerprint density at radius 3 is 2.53 bits per heavy atom. The van der Waals surface area contributed by atoms with E-state index in [1.54, 1.807) is 26.1 Å². The Bertz CT molecular complexity index is 2170. The topological polar surface area (TPSA) is 185 Å². The molecular weight excluding hydrogens is 789 g/mol. The van der Waals surface area contributed by atoms with Crippen molar-refractivity contribution in [1.82, 2.24) is 24.8 Å². The fourth-order valence-corrected chi connectivity index (χ4v) is 10.3. The van der Waals surface area contributed by atoms with Crippen LogP contribution in [0.1, 0.15) is 98.5 Å². The molecule has 3 N–H and O–H groups in total. The van der Waals surface area contributed by atoms with Crippen molar-refractivity contribution in [1.29, 1.82) is 0 Å². The highest BCUT2D eigenvalue weighted by Crippen LogP contribution is 2.48. The number of hydrogen-bond acceptors (Lipinski definition) is 9. The number of benzene rings is 1. The van der Waals surface area contributed by atoms with E-state index in [-0.39, 0.29) is 31.2 Å². The lowest BCUT2D eigenvalue weighted by Crippen LogP contribution is -2.66. The third kappa shape index (κ3) is 7.83. The van der Waals surface area contributed by atoms with E-state index in [0.717, 1.165) is 43.4 Å². The van der Waals surface area contributed by atoms with Gasteiger partial charge in [0.05, 0.1) is 17.9 Å². The summed E-state index contributed by atoms with van der Waals surface area (Å²) in [5.41, 5.74) is -2.98. The Morgan fingerprint density at radius 2 is 1.85 bits per heavy atom. The summed E-state index contributed by atoms with van der Waals surface area (Å²) in [5.74, 6) is -6.64. The number of alkyl halides is 2. The van der Waals surface area contributed by atoms with Gasteiger partial charge in [-0.05, 0) is 102 Å². The molecule has 2 saturated carbocycles. The van der Waals surface area contributed by atoms with Gasteiger partial charge in [0.25, 0.3) is 11.8 Å². The van der Waals surface area contributed by atoms with Gasteiger partial charge in [-0.15, -0.1) is 0 Å². The van der Waals surface area contributed by atoms with Crippen molar-refractivity contribution < 1.29 is 51.0 Å². The Balaban J connectivity index is 1.29. The largest absolute Gasteiger partial charge is 0.493 e. The van der Waals surface area contributed by atoms with Gasteiger partial charge < -0.3 is 24.8 Å². The monoisotopic (exact) mass is 843 g/mol. The smallest absolute Gasteiger partial charge is 0.408 e. The van der Waals surface area contributed by atoms with Crippen molar-refractivity contribution in [3.05, 3.63) is 42.1 Å². The maximum absolute atomic E-state index is 15.4. The van der Waals surface area contributed by atoms with Crippen LogP contribution < -0.4 is 19.5 Å². The lowest BCUT2D eigenvalue weighted by molar-refractivity contribution is -0.156. The van der Waals surface area contributed by atoms with Gasteiger partial charge in [-0.2, -0.15) is 0 Å². The van der Waals surface area contributed by atoms with Gasteiger partial charge in [-0.1, -0.05) is 32.1 Å². The Labute approximate surface area is 343 Å². The number of allylic oxidation sites excluding steroid dienone is 1. The van der Waals surface area contributed by atoms with Gasteiger partial charge in [-0.3, -0.25) is 24.0 Å². The molecule has 2 aliphatic carbocycles. The third-order valence-corrected chi connectivity index (χ3v) is 15.6. The van der Waals surface area contributed by atoms with E-state index in [1.165, 1.54) is 4.90 Å². The van der Waals surface area contributed by atoms with Crippen molar-refractivity contribution >= 4 is 44.6 Å². The second-order valence-electron chi connectivity index (χ2n) is 18.2. The summed E-state index contributed by atoms with van der Waals surface area (Å²) < 4.78 is 70.9. The van der Waals surface area contributed by atoms with Gasteiger partial charge in [0.2, 0.25) is 27.7 Å². The summed E-state index contributed by atoms with van der Waals surface area (Å²) in [6.45, 7) is 8.19. The SMILES string of the molecule is C[C@H]1CCC=C[C@@H]2C[C@@]2(C(=O)NS(=O)(=O)C2(C)CC2)NC(=O)[C@@H]2C[C@@H](Oc3nccc4c5c(ccc34)CCCO5)CN2C(=O)[C@@H](N(C(=O)O)C(C)(C)C(C)(F)F)[C@H](C)C1. The van der Waals surface area contributed by atoms with Gasteiger partial charge >= 0.3 is 6.09 Å². The maximum atomic E-state index is 15.4. The number of amides is 4. The number of aryl methyl sites for hydroxylation is 1. The molecule has 14 nitrogen and oxygen atoms in total.